The first-order valence-electron chi connectivity index (χ1n) is 44.3. The second-order valence-electron chi connectivity index (χ2n) is 30.7. The normalized spacial score (nSPS) is 12.0. The molecule has 0 atom stereocenters. The lowest BCUT2D eigenvalue weighted by Crippen LogP contribution is -2.14. The van der Waals surface area contributed by atoms with E-state index >= 15 is 0 Å². The number of para-hydroxylation sites is 1. The minimum Gasteiger partial charge on any atom is -0.236 e. The van der Waals surface area contributed by atoms with Gasteiger partial charge in [-0.1, -0.05) is 303 Å². The van der Waals surface area contributed by atoms with Crippen LogP contribution < -0.4 is 0 Å². The number of benzene rings is 12. The number of aromatic nitrogens is 17. The predicted octanol–water partition coefficient (Wildman–Crippen LogP) is 29.8. The molecular weight excluding hydrogens is 2040 g/mol. The van der Waals surface area contributed by atoms with Crippen molar-refractivity contribution in [3.05, 3.63) is 434 Å². The number of nitrogens with zero attached hydrogens (tertiary/aromatic N) is 17. The van der Waals surface area contributed by atoms with Gasteiger partial charge in [0.1, 0.15) is 0 Å². The molecule has 0 N–H and O–H groups in total. The van der Waals surface area contributed by atoms with Crippen molar-refractivity contribution in [2.45, 2.75) is 19.3 Å². The zero-order chi connectivity index (χ0) is 95.1. The van der Waals surface area contributed by atoms with E-state index in [1.165, 1.54) is 49.7 Å². The van der Waals surface area contributed by atoms with Gasteiger partial charge in [-0.15, -0.1) is 0 Å². The van der Waals surface area contributed by atoms with Crippen LogP contribution in [-0.2, 0) is 5.41 Å². The molecule has 0 spiro atoms. The Morgan fingerprint density at radius 1 is 0.226 bits per heavy atom. The first kappa shape index (κ1) is 81.8. The monoisotopic (exact) mass is 2110 g/mol. The molecule has 0 saturated heterocycles. The first-order chi connectivity index (χ1) is 67.2. The Balaban J connectivity index is 0.000000107. The van der Waals surface area contributed by atoms with Crippen molar-refractivity contribution in [1.29, 1.82) is 0 Å². The minimum absolute atomic E-state index is 0.0344. The van der Waals surface area contributed by atoms with Crippen LogP contribution in [0.1, 0.15) is 31.8 Å². The fraction of sp³-hybridized carbons (Fsp3) is 0.0273. The van der Waals surface area contributed by atoms with Crippen LogP contribution in [0.3, 0.4) is 0 Å². The molecule has 24 rings (SSSR count). The van der Waals surface area contributed by atoms with Crippen molar-refractivity contribution in [2.75, 3.05) is 0 Å². The molecule has 23 aromatic rings. The number of fused-ring (bicyclic) bond motifs is 10. The fourth-order valence-electron chi connectivity index (χ4n) is 16.0. The average Bonchev–Trinajstić information content (AvgIpc) is 1.57. The maximum atomic E-state index is 8.05. The standard InChI is InChI=1S/C29H21BrN2.2C19H12BrN3.C17H10BrN3.2C13H8BrN3/c1-29(2)24-12-5-3-10-21(24)22-15-14-18(17-25(22)29)27-23-11-4-6-13-26(23)31-28(32-27)19-8-7-9-20(30)16-19;20-19-22-17(16-10-5-11-21-18(16)23-19)15-9-4-8-14(12-15)13-6-2-1-3-7-13;20-19-22-17(16-7-4-12-21-18(16)23-19)15-10-8-14(9-11-15)13-5-2-1-3-6-13;18-17-20-15(14-9-4-10-19-16(14)21-17)13-8-3-6-11-5-1-2-7-12(11)13;2*14-13-16-11(9-5-2-1-3-6-9)10-7-4-8-15-12(10)17-13/h3-17H,1-2H3;2*1-12H;1-10H;2*1-8H/i;;;;1D,2D,3D,5D,6D;. The van der Waals surface area contributed by atoms with Gasteiger partial charge in [0.2, 0.25) is 0 Å². The molecule has 0 saturated carbocycles. The molecule has 11 heterocycles. The van der Waals surface area contributed by atoms with Crippen LogP contribution in [-0.4, -0.2) is 84.7 Å². The number of hydrogen-bond acceptors (Lipinski definition) is 17. The number of hydrogen-bond donors (Lipinski definition) is 0. The van der Waals surface area contributed by atoms with Crippen LogP contribution in [0.4, 0.5) is 0 Å². The van der Waals surface area contributed by atoms with E-state index in [4.69, 9.17) is 16.8 Å². The van der Waals surface area contributed by atoms with Crippen molar-refractivity contribution in [3.8, 4) is 112 Å². The van der Waals surface area contributed by atoms with E-state index in [1.54, 1.807) is 43.1 Å². The Kier molecular flexibility index (Phi) is 24.7. The largest absolute Gasteiger partial charge is 0.236 e. The zero-order valence-electron chi connectivity index (χ0n) is 75.5. The third kappa shape index (κ3) is 19.7. The Morgan fingerprint density at radius 2 is 0.579 bits per heavy atom. The molecule has 0 bridgehead atoms. The van der Waals surface area contributed by atoms with E-state index in [1.807, 2.05) is 146 Å². The van der Waals surface area contributed by atoms with Crippen LogP contribution in [0.25, 0.3) is 189 Å². The maximum absolute atomic E-state index is 8.05. The highest BCUT2D eigenvalue weighted by Crippen LogP contribution is 2.50. The molecular formula is C110H71Br6N17. The minimum atomic E-state index is -0.436. The topological polar surface area (TPSA) is 219 Å². The van der Waals surface area contributed by atoms with Crippen LogP contribution >= 0.6 is 95.6 Å². The molecule has 133 heavy (non-hydrogen) atoms. The van der Waals surface area contributed by atoms with E-state index in [0.29, 0.717) is 52.6 Å². The number of rotatable bonds is 9. The summed E-state index contributed by atoms with van der Waals surface area (Å²) in [5.41, 5.74) is 25.4. The summed E-state index contributed by atoms with van der Waals surface area (Å²) >= 11 is 20.2. The third-order valence-electron chi connectivity index (χ3n) is 22.1. The fourth-order valence-corrected chi connectivity index (χ4v) is 18.1. The second-order valence-corrected chi connectivity index (χ2v) is 35.2. The van der Waals surface area contributed by atoms with Gasteiger partial charge in [-0.05, 0) is 226 Å². The Labute approximate surface area is 822 Å². The average molecular weight is 2120 g/mol. The third-order valence-corrected chi connectivity index (χ3v) is 24.4. The summed E-state index contributed by atoms with van der Waals surface area (Å²) in [4.78, 5) is 75.0. The van der Waals surface area contributed by atoms with Gasteiger partial charge in [0.15, 0.2) is 57.7 Å². The Bertz CT molecular complexity index is 8540. The molecule has 0 radical (unpaired) electrons. The molecule has 0 aliphatic heterocycles. The molecule has 12 aromatic carbocycles. The lowest BCUT2D eigenvalue weighted by Gasteiger charge is -2.22. The van der Waals surface area contributed by atoms with Gasteiger partial charge in [-0.2, -0.15) is 0 Å². The van der Waals surface area contributed by atoms with Crippen molar-refractivity contribution in [2.24, 2.45) is 0 Å². The summed E-state index contributed by atoms with van der Waals surface area (Å²) in [6.07, 6.45) is 8.52. The zero-order valence-corrected chi connectivity index (χ0v) is 80.0. The quantitative estimate of drug-likeness (QED) is 0.123. The van der Waals surface area contributed by atoms with E-state index in [-0.39, 0.29) is 33.5 Å². The summed E-state index contributed by atoms with van der Waals surface area (Å²) in [5, 5.41) is 7.77. The van der Waals surface area contributed by atoms with Crippen LogP contribution in [0.2, 0.25) is 0 Å². The maximum Gasteiger partial charge on any atom is 0.199 e. The molecule has 638 valence electrons. The number of pyridine rings is 5. The summed E-state index contributed by atoms with van der Waals surface area (Å²) in [6.45, 7) is 4.62. The van der Waals surface area contributed by atoms with Gasteiger partial charge < -0.3 is 0 Å². The van der Waals surface area contributed by atoms with Crippen molar-refractivity contribution < 1.29 is 6.85 Å². The van der Waals surface area contributed by atoms with Gasteiger partial charge in [0, 0.05) is 112 Å². The van der Waals surface area contributed by atoms with Crippen molar-refractivity contribution in [1.82, 2.24) is 84.7 Å². The highest BCUT2D eigenvalue weighted by Gasteiger charge is 2.36. The number of halogens is 6. The van der Waals surface area contributed by atoms with Crippen molar-refractivity contribution in [3.63, 3.8) is 0 Å². The molecule has 0 fully saturated rings. The summed E-state index contributed by atoms with van der Waals surface area (Å²) in [6, 6.07) is 111. The predicted molar refractivity (Wildman–Crippen MR) is 556 cm³/mol. The molecule has 0 unspecified atom stereocenters. The first-order valence-corrected chi connectivity index (χ1v) is 46.6. The lowest BCUT2D eigenvalue weighted by molar-refractivity contribution is 0.660. The van der Waals surface area contributed by atoms with Crippen LogP contribution in [0, 0.1) is 0 Å². The molecule has 17 nitrogen and oxygen atoms in total. The Morgan fingerprint density at radius 3 is 1.13 bits per heavy atom. The van der Waals surface area contributed by atoms with E-state index in [0.717, 1.165) is 110 Å². The summed E-state index contributed by atoms with van der Waals surface area (Å²) in [7, 11) is 0. The second kappa shape index (κ2) is 40.1. The van der Waals surface area contributed by atoms with Gasteiger partial charge in [-0.3, -0.25) is 0 Å². The van der Waals surface area contributed by atoms with E-state index < -0.39 is 18.1 Å². The molecule has 23 heteroatoms. The van der Waals surface area contributed by atoms with E-state index in [9.17, 15) is 0 Å². The van der Waals surface area contributed by atoms with Gasteiger partial charge >= 0.3 is 0 Å². The summed E-state index contributed by atoms with van der Waals surface area (Å²) < 4.78 is 42.7. The molecule has 0 amide bonds. The molecule has 1 aliphatic carbocycles. The van der Waals surface area contributed by atoms with Gasteiger partial charge in [0.25, 0.3) is 0 Å². The van der Waals surface area contributed by atoms with Gasteiger partial charge in [-0.25, -0.2) is 84.7 Å². The SMILES string of the molecule is Brc1nc(-c2ccc(-c3ccccc3)cc2)c2cccnc2n1.Brc1nc(-c2cccc(-c3ccccc3)c2)c2cccnc2n1.Brc1nc(-c2cccc3ccccc23)c2cccnc2n1.Brc1nc(-c2ccccc2)c2cccnc2n1.CC1(C)c2ccccc2-c2ccc(-c3nc(-c4cccc(Br)c4)nc4ccccc34)cc21.[2H]c1c([2H])c([2H])c(-c2nc(Br)nc3ncccc23)c([2H])c1[2H]. The van der Waals surface area contributed by atoms with E-state index in [2.05, 4.69) is 360 Å². The lowest BCUT2D eigenvalue weighted by atomic mass is 9.82. The smallest absolute Gasteiger partial charge is 0.199 e. The highest BCUT2D eigenvalue weighted by atomic mass is 79.9. The van der Waals surface area contributed by atoms with Crippen LogP contribution in [0.5, 0.6) is 0 Å². The van der Waals surface area contributed by atoms with Crippen LogP contribution in [0.15, 0.2) is 423 Å². The highest BCUT2D eigenvalue weighted by molar-refractivity contribution is 9.11. The molecule has 1 aliphatic rings. The van der Waals surface area contributed by atoms with Crippen molar-refractivity contribution >= 4 is 172 Å². The Hall–Kier alpha value is -14.4. The molecule has 11 aromatic heterocycles. The summed E-state index contributed by atoms with van der Waals surface area (Å²) in [5.74, 6) is 0.739. The van der Waals surface area contributed by atoms with Gasteiger partial charge in [0.05, 0.1) is 46.5 Å².